The van der Waals surface area contributed by atoms with Gasteiger partial charge < -0.3 is 35.0 Å². The van der Waals surface area contributed by atoms with Crippen molar-refractivity contribution in [2.75, 3.05) is 27.4 Å². The Morgan fingerprint density at radius 2 is 1.44 bits per heavy atom. The second-order valence-electron chi connectivity index (χ2n) is 6.38. The zero-order valence-corrected chi connectivity index (χ0v) is 15.4. The normalized spacial score (nSPS) is 14.4. The first kappa shape index (κ1) is 20.8. The third-order valence-corrected chi connectivity index (χ3v) is 4.74. The topological polar surface area (TPSA) is 120 Å². The van der Waals surface area contributed by atoms with E-state index in [2.05, 4.69) is 0 Å². The lowest BCUT2D eigenvalue weighted by Gasteiger charge is -2.29. The predicted molar refractivity (Wildman–Crippen MR) is 99.1 cm³/mol. The quantitative estimate of drug-likeness (QED) is 0.450. The van der Waals surface area contributed by atoms with Crippen LogP contribution in [0.1, 0.15) is 17.2 Å². The van der Waals surface area contributed by atoms with Crippen LogP contribution < -0.4 is 9.47 Å². The van der Waals surface area contributed by atoms with Crippen molar-refractivity contribution in [3.8, 4) is 23.0 Å². The van der Waals surface area contributed by atoms with Crippen LogP contribution in [0.3, 0.4) is 0 Å². The Labute approximate surface area is 158 Å². The number of rotatable bonds is 9. The molecule has 0 aliphatic rings. The summed E-state index contributed by atoms with van der Waals surface area (Å²) in [4.78, 5) is 0. The molecule has 0 bridgehead atoms. The van der Waals surface area contributed by atoms with Gasteiger partial charge in [-0.1, -0.05) is 12.1 Å². The number of hydrogen-bond donors (Lipinski definition) is 5. The van der Waals surface area contributed by atoms with Crippen LogP contribution in [0, 0.1) is 11.8 Å². The molecule has 0 amide bonds. The first-order chi connectivity index (χ1) is 12.9. The highest BCUT2D eigenvalue weighted by Crippen LogP contribution is 2.35. The van der Waals surface area contributed by atoms with Crippen molar-refractivity contribution in [1.29, 1.82) is 0 Å². The number of benzene rings is 2. The van der Waals surface area contributed by atoms with Crippen molar-refractivity contribution in [1.82, 2.24) is 0 Å². The summed E-state index contributed by atoms with van der Waals surface area (Å²) in [5.41, 5.74) is 1.25. The molecule has 2 aromatic rings. The molecule has 0 aliphatic carbocycles. The Morgan fingerprint density at radius 1 is 0.852 bits per heavy atom. The molecule has 0 aliphatic heterocycles. The van der Waals surface area contributed by atoms with Gasteiger partial charge in [0.15, 0.2) is 23.0 Å². The van der Waals surface area contributed by atoms with E-state index in [1.807, 2.05) is 0 Å². The molecule has 0 aromatic heterocycles. The van der Waals surface area contributed by atoms with Gasteiger partial charge in [0.05, 0.1) is 20.3 Å². The molecule has 5 N–H and O–H groups in total. The van der Waals surface area contributed by atoms with Gasteiger partial charge in [0.25, 0.3) is 0 Å². The minimum absolute atomic E-state index is 0.0109. The molecule has 3 atom stereocenters. The predicted octanol–water partition coefficient (Wildman–Crippen LogP) is 1.61. The molecule has 2 aromatic carbocycles. The van der Waals surface area contributed by atoms with Gasteiger partial charge in [0.2, 0.25) is 0 Å². The van der Waals surface area contributed by atoms with Gasteiger partial charge in [-0.25, -0.2) is 0 Å². The second-order valence-corrected chi connectivity index (χ2v) is 6.38. The van der Waals surface area contributed by atoms with Crippen LogP contribution in [0.25, 0.3) is 0 Å². The molecule has 27 heavy (non-hydrogen) atoms. The minimum atomic E-state index is -1.07. The first-order valence-electron chi connectivity index (χ1n) is 8.57. The maximum Gasteiger partial charge on any atom is 0.160 e. The highest BCUT2D eigenvalue weighted by Gasteiger charge is 2.29. The van der Waals surface area contributed by atoms with Crippen LogP contribution in [0.4, 0.5) is 0 Å². The number of aliphatic hydroxyl groups excluding tert-OH is 3. The van der Waals surface area contributed by atoms with Crippen molar-refractivity contribution in [2.45, 2.75) is 12.5 Å². The molecule has 2 rings (SSSR count). The number of aliphatic hydroxyl groups is 3. The average molecular weight is 378 g/mol. The van der Waals surface area contributed by atoms with Crippen LogP contribution in [0.5, 0.6) is 23.0 Å². The summed E-state index contributed by atoms with van der Waals surface area (Å²) in [5.74, 6) is -0.607. The van der Waals surface area contributed by atoms with Crippen molar-refractivity contribution in [3.05, 3.63) is 47.5 Å². The summed E-state index contributed by atoms with van der Waals surface area (Å²) >= 11 is 0. The Balaban J connectivity index is 2.24. The highest BCUT2D eigenvalue weighted by atomic mass is 16.5. The van der Waals surface area contributed by atoms with Gasteiger partial charge in [-0.05, 0) is 47.7 Å². The standard InChI is InChI=1S/C20H26O7/c1-26-18-8-12(3-5-16(18)23)7-14(10-21)15(11-22)20(25)13-4-6-17(24)19(9-13)27-2/h3-6,8-9,14-15,20-25H,7,10-11H2,1-2H3/t14-,15-,20-/m0/s1. The Bertz CT molecular complexity index is 747. The smallest absolute Gasteiger partial charge is 0.160 e. The van der Waals surface area contributed by atoms with Gasteiger partial charge >= 0.3 is 0 Å². The molecule has 148 valence electrons. The van der Waals surface area contributed by atoms with E-state index < -0.39 is 17.9 Å². The zero-order chi connectivity index (χ0) is 20.0. The zero-order valence-electron chi connectivity index (χ0n) is 15.4. The van der Waals surface area contributed by atoms with Crippen LogP contribution in [0.15, 0.2) is 36.4 Å². The summed E-state index contributed by atoms with van der Waals surface area (Å²) < 4.78 is 10.2. The largest absolute Gasteiger partial charge is 0.504 e. The maximum atomic E-state index is 10.7. The molecule has 7 heteroatoms. The minimum Gasteiger partial charge on any atom is -0.504 e. The highest BCUT2D eigenvalue weighted by molar-refractivity contribution is 5.43. The Kier molecular flexibility index (Phi) is 7.29. The third kappa shape index (κ3) is 4.82. The second kappa shape index (κ2) is 9.45. The van der Waals surface area contributed by atoms with Crippen molar-refractivity contribution < 1.29 is 35.0 Å². The Morgan fingerprint density at radius 3 is 2.00 bits per heavy atom. The van der Waals surface area contributed by atoms with Gasteiger partial charge in [-0.2, -0.15) is 0 Å². The van der Waals surface area contributed by atoms with Crippen LogP contribution in [-0.4, -0.2) is 53.0 Å². The van der Waals surface area contributed by atoms with E-state index in [4.69, 9.17) is 9.47 Å². The van der Waals surface area contributed by atoms with E-state index in [1.165, 1.54) is 32.4 Å². The van der Waals surface area contributed by atoms with Gasteiger partial charge in [-0.15, -0.1) is 0 Å². The molecule has 0 fully saturated rings. The number of hydrogen-bond acceptors (Lipinski definition) is 7. The van der Waals surface area contributed by atoms with E-state index in [-0.39, 0.29) is 30.5 Å². The average Bonchev–Trinajstić information content (AvgIpc) is 2.69. The lowest BCUT2D eigenvalue weighted by Crippen LogP contribution is -2.29. The maximum absolute atomic E-state index is 10.7. The molecule has 0 saturated heterocycles. The van der Waals surface area contributed by atoms with E-state index in [9.17, 15) is 25.5 Å². The van der Waals surface area contributed by atoms with Crippen LogP contribution >= 0.6 is 0 Å². The summed E-state index contributed by atoms with van der Waals surface area (Å²) in [5, 5.41) is 49.8. The molecule has 7 nitrogen and oxygen atoms in total. The van der Waals surface area contributed by atoms with Crippen molar-refractivity contribution >= 4 is 0 Å². The van der Waals surface area contributed by atoms with E-state index in [0.717, 1.165) is 5.56 Å². The number of phenolic OH excluding ortho intramolecular Hbond substituents is 2. The van der Waals surface area contributed by atoms with Gasteiger partial charge in [0.1, 0.15) is 0 Å². The number of ether oxygens (including phenoxy) is 2. The fourth-order valence-corrected chi connectivity index (χ4v) is 3.14. The van der Waals surface area contributed by atoms with Crippen LogP contribution in [-0.2, 0) is 6.42 Å². The summed E-state index contributed by atoms with van der Waals surface area (Å²) in [7, 11) is 2.85. The van der Waals surface area contributed by atoms with E-state index in [1.54, 1.807) is 18.2 Å². The summed E-state index contributed by atoms with van der Waals surface area (Å²) in [6.45, 7) is -0.592. The number of phenols is 2. The molecule has 0 unspecified atom stereocenters. The molecule has 0 spiro atoms. The van der Waals surface area contributed by atoms with Gasteiger partial charge in [0, 0.05) is 19.1 Å². The lowest BCUT2D eigenvalue weighted by molar-refractivity contribution is 0.0124. The molecular formula is C20H26O7. The van der Waals surface area contributed by atoms with Gasteiger partial charge in [-0.3, -0.25) is 0 Å². The fourth-order valence-electron chi connectivity index (χ4n) is 3.14. The third-order valence-electron chi connectivity index (χ3n) is 4.74. The van der Waals surface area contributed by atoms with Crippen molar-refractivity contribution in [2.24, 2.45) is 11.8 Å². The van der Waals surface area contributed by atoms with E-state index >= 15 is 0 Å². The first-order valence-corrected chi connectivity index (χ1v) is 8.57. The monoisotopic (exact) mass is 378 g/mol. The Hall–Kier alpha value is -2.48. The summed E-state index contributed by atoms with van der Waals surface area (Å²) in [6.07, 6.45) is -0.703. The van der Waals surface area contributed by atoms with E-state index in [0.29, 0.717) is 17.7 Å². The molecule has 0 heterocycles. The van der Waals surface area contributed by atoms with Crippen LogP contribution in [0.2, 0.25) is 0 Å². The number of methoxy groups -OCH3 is 2. The number of aromatic hydroxyl groups is 2. The molecule has 0 saturated carbocycles. The SMILES string of the molecule is COc1cc(C[C@@H](CO)[C@H](CO)[C@@H](O)c2ccc(O)c(OC)c2)ccc1O. The van der Waals surface area contributed by atoms with Crippen molar-refractivity contribution in [3.63, 3.8) is 0 Å². The molecular weight excluding hydrogens is 352 g/mol. The lowest BCUT2D eigenvalue weighted by atomic mass is 9.81. The summed E-state index contributed by atoms with van der Waals surface area (Å²) in [6, 6.07) is 9.31. The fraction of sp³-hybridized carbons (Fsp3) is 0.400. The molecule has 0 radical (unpaired) electrons.